The number of nitrogens with one attached hydrogen (secondary N) is 2. The molecule has 0 atom stereocenters. The van der Waals surface area contributed by atoms with Crippen LogP contribution >= 0.6 is 22.9 Å². The minimum absolute atomic E-state index is 0.0892. The normalized spacial score (nSPS) is 12.0. The van der Waals surface area contributed by atoms with Crippen LogP contribution in [0.2, 0.25) is 5.02 Å². The summed E-state index contributed by atoms with van der Waals surface area (Å²) in [6.45, 7) is 8.19. The molecule has 0 fully saturated rings. The van der Waals surface area contributed by atoms with E-state index in [1.807, 2.05) is 19.1 Å². The van der Waals surface area contributed by atoms with Crippen LogP contribution in [0.25, 0.3) is 0 Å². The standard InChI is InChI=1S/C19H21ClF3N3O2S/c1-10-5-11(8-18(2,3)4)6-13(20)15(10)25-14(27)7-12-9-24-17(29-12)26-16(28)19(21,22)23/h5-6,9H,7-8H2,1-4H3,(H,25,27)(H,24,26,28). The average molecular weight is 448 g/mol. The minimum atomic E-state index is -5.00. The van der Waals surface area contributed by atoms with E-state index in [9.17, 15) is 22.8 Å². The lowest BCUT2D eigenvalue weighted by atomic mass is 9.87. The lowest BCUT2D eigenvalue weighted by Gasteiger charge is -2.20. The second-order valence-corrected chi connectivity index (χ2v) is 9.34. The van der Waals surface area contributed by atoms with Gasteiger partial charge in [0.1, 0.15) is 0 Å². The lowest BCUT2D eigenvalue weighted by Crippen LogP contribution is -2.29. The highest BCUT2D eigenvalue weighted by molar-refractivity contribution is 7.15. The Hall–Kier alpha value is -2.13. The van der Waals surface area contributed by atoms with Crippen molar-refractivity contribution in [3.8, 4) is 0 Å². The summed E-state index contributed by atoms with van der Waals surface area (Å²) in [6, 6.07) is 3.77. The number of nitrogens with zero attached hydrogens (tertiary/aromatic N) is 1. The fraction of sp³-hybridized carbons (Fsp3) is 0.421. The first-order chi connectivity index (χ1) is 13.2. The molecule has 29 heavy (non-hydrogen) atoms. The molecule has 0 saturated carbocycles. The molecule has 1 aromatic heterocycles. The highest BCUT2D eigenvalue weighted by Crippen LogP contribution is 2.31. The third-order valence-corrected chi connectivity index (χ3v) is 4.92. The first-order valence-corrected chi connectivity index (χ1v) is 9.86. The molecule has 0 spiro atoms. The van der Waals surface area contributed by atoms with Crippen molar-refractivity contribution in [2.75, 3.05) is 10.6 Å². The topological polar surface area (TPSA) is 71.1 Å². The van der Waals surface area contributed by atoms with E-state index in [4.69, 9.17) is 11.6 Å². The fourth-order valence-electron chi connectivity index (χ4n) is 2.64. The van der Waals surface area contributed by atoms with Gasteiger partial charge in [-0.1, -0.05) is 38.4 Å². The summed E-state index contributed by atoms with van der Waals surface area (Å²) in [7, 11) is 0. The number of anilines is 2. The van der Waals surface area contributed by atoms with E-state index in [0.29, 0.717) is 15.6 Å². The van der Waals surface area contributed by atoms with Gasteiger partial charge in [-0.15, -0.1) is 11.3 Å². The molecular formula is C19H21ClF3N3O2S. The summed E-state index contributed by atoms with van der Waals surface area (Å²) >= 11 is 7.13. The number of carbonyl (C=O) groups excluding carboxylic acids is 2. The summed E-state index contributed by atoms with van der Waals surface area (Å²) < 4.78 is 36.8. The van der Waals surface area contributed by atoms with Crippen LogP contribution in [0.5, 0.6) is 0 Å². The van der Waals surface area contributed by atoms with Crippen molar-refractivity contribution in [2.24, 2.45) is 5.41 Å². The summed E-state index contributed by atoms with van der Waals surface area (Å²) in [5.74, 6) is -2.50. The number of thiazole rings is 1. The first-order valence-electron chi connectivity index (χ1n) is 8.66. The second-order valence-electron chi connectivity index (χ2n) is 7.82. The average Bonchev–Trinajstić information content (AvgIpc) is 2.95. The Morgan fingerprint density at radius 3 is 2.38 bits per heavy atom. The van der Waals surface area contributed by atoms with Gasteiger partial charge in [0.25, 0.3) is 0 Å². The van der Waals surface area contributed by atoms with Gasteiger partial charge in [-0.3, -0.25) is 14.9 Å². The third kappa shape index (κ3) is 7.01. The number of carbonyl (C=O) groups is 2. The Labute approximate surface area is 175 Å². The summed E-state index contributed by atoms with van der Waals surface area (Å²) in [5.41, 5.74) is 2.45. The zero-order chi connectivity index (χ0) is 22.0. The van der Waals surface area contributed by atoms with Crippen molar-refractivity contribution in [3.05, 3.63) is 39.4 Å². The molecule has 0 radical (unpaired) electrons. The number of rotatable bonds is 5. The van der Waals surface area contributed by atoms with Gasteiger partial charge in [0.15, 0.2) is 5.13 Å². The molecule has 1 heterocycles. The van der Waals surface area contributed by atoms with Crippen molar-refractivity contribution in [1.29, 1.82) is 0 Å². The Bertz CT molecular complexity index is 897. The number of amides is 2. The van der Waals surface area contributed by atoms with Crippen molar-refractivity contribution in [2.45, 2.75) is 46.7 Å². The number of alkyl halides is 3. The van der Waals surface area contributed by atoms with Crippen molar-refractivity contribution < 1.29 is 22.8 Å². The SMILES string of the molecule is Cc1cc(CC(C)(C)C)cc(Cl)c1NC(=O)Cc1cnc(NC(=O)C(F)(F)F)s1. The van der Waals surface area contributed by atoms with Gasteiger partial charge < -0.3 is 5.32 Å². The number of benzene rings is 1. The number of halogens is 4. The van der Waals surface area contributed by atoms with Gasteiger partial charge in [0, 0.05) is 11.1 Å². The molecule has 0 aliphatic rings. The quantitative estimate of drug-likeness (QED) is 0.646. The van der Waals surface area contributed by atoms with E-state index in [1.54, 1.807) is 5.32 Å². The first kappa shape index (κ1) is 23.2. The van der Waals surface area contributed by atoms with Gasteiger partial charge in [-0.05, 0) is 36.0 Å². The van der Waals surface area contributed by atoms with Crippen LogP contribution < -0.4 is 10.6 Å². The fourth-order valence-corrected chi connectivity index (χ4v) is 3.79. The molecule has 0 saturated heterocycles. The van der Waals surface area contributed by atoms with E-state index < -0.39 is 18.0 Å². The molecule has 0 unspecified atom stereocenters. The predicted octanol–water partition coefficient (Wildman–Crippen LogP) is 5.38. The number of hydrogen-bond donors (Lipinski definition) is 2. The van der Waals surface area contributed by atoms with Gasteiger partial charge in [-0.25, -0.2) is 4.98 Å². The number of aryl methyl sites for hydroxylation is 1. The maximum absolute atomic E-state index is 12.3. The predicted molar refractivity (Wildman–Crippen MR) is 108 cm³/mol. The Morgan fingerprint density at radius 2 is 1.83 bits per heavy atom. The third-order valence-electron chi connectivity index (χ3n) is 3.71. The van der Waals surface area contributed by atoms with Gasteiger partial charge >= 0.3 is 12.1 Å². The monoisotopic (exact) mass is 447 g/mol. The summed E-state index contributed by atoms with van der Waals surface area (Å²) in [5, 5.41) is 4.58. The lowest BCUT2D eigenvalue weighted by molar-refractivity contribution is -0.167. The molecule has 2 aromatic rings. The molecule has 0 aliphatic carbocycles. The van der Waals surface area contributed by atoms with E-state index >= 15 is 0 Å². The van der Waals surface area contributed by atoms with Gasteiger partial charge in [0.2, 0.25) is 5.91 Å². The zero-order valence-corrected chi connectivity index (χ0v) is 17.9. The molecule has 1 aromatic carbocycles. The Kier molecular flexibility index (Phi) is 6.95. The minimum Gasteiger partial charge on any atom is -0.324 e. The molecule has 2 amide bonds. The van der Waals surface area contributed by atoms with Crippen molar-refractivity contribution >= 4 is 45.6 Å². The molecular weight excluding hydrogens is 427 g/mol. The Balaban J connectivity index is 2.04. The molecule has 5 nitrogen and oxygen atoms in total. The smallest absolute Gasteiger partial charge is 0.324 e. The molecule has 10 heteroatoms. The summed E-state index contributed by atoms with van der Waals surface area (Å²) in [4.78, 5) is 27.4. The molecule has 0 aliphatic heterocycles. The molecule has 158 valence electrons. The number of aromatic nitrogens is 1. The van der Waals surface area contributed by atoms with Crippen molar-refractivity contribution in [1.82, 2.24) is 4.98 Å². The van der Waals surface area contributed by atoms with E-state index in [2.05, 4.69) is 31.1 Å². The van der Waals surface area contributed by atoms with E-state index in [1.165, 1.54) is 6.20 Å². The van der Waals surface area contributed by atoms with E-state index in [-0.39, 0.29) is 17.0 Å². The molecule has 0 bridgehead atoms. The van der Waals surface area contributed by atoms with Crippen LogP contribution in [-0.4, -0.2) is 23.0 Å². The zero-order valence-electron chi connectivity index (χ0n) is 16.3. The summed E-state index contributed by atoms with van der Waals surface area (Å²) in [6.07, 6.45) is -3.04. The van der Waals surface area contributed by atoms with Crippen LogP contribution in [0, 0.1) is 12.3 Å². The largest absolute Gasteiger partial charge is 0.471 e. The maximum atomic E-state index is 12.3. The molecule has 2 rings (SSSR count). The van der Waals surface area contributed by atoms with E-state index in [0.717, 1.165) is 28.9 Å². The van der Waals surface area contributed by atoms with Crippen LogP contribution in [0.15, 0.2) is 18.3 Å². The van der Waals surface area contributed by atoms with Gasteiger partial charge in [-0.2, -0.15) is 13.2 Å². The van der Waals surface area contributed by atoms with Gasteiger partial charge in [0.05, 0.1) is 17.1 Å². The second kappa shape index (κ2) is 8.71. The van der Waals surface area contributed by atoms with Crippen LogP contribution in [0.1, 0.15) is 36.8 Å². The highest BCUT2D eigenvalue weighted by Gasteiger charge is 2.39. The van der Waals surface area contributed by atoms with Crippen LogP contribution in [0.4, 0.5) is 24.0 Å². The molecule has 2 N–H and O–H groups in total. The van der Waals surface area contributed by atoms with Crippen molar-refractivity contribution in [3.63, 3.8) is 0 Å². The van der Waals surface area contributed by atoms with Crippen LogP contribution in [-0.2, 0) is 22.4 Å². The van der Waals surface area contributed by atoms with Crippen LogP contribution in [0.3, 0.4) is 0 Å². The maximum Gasteiger partial charge on any atom is 0.471 e. The highest BCUT2D eigenvalue weighted by atomic mass is 35.5. The Morgan fingerprint density at radius 1 is 1.17 bits per heavy atom. The number of hydrogen-bond acceptors (Lipinski definition) is 4.